The first-order valence-corrected chi connectivity index (χ1v) is 4.93. The number of hydrogen-bond acceptors (Lipinski definition) is 2. The zero-order valence-corrected chi connectivity index (χ0v) is 9.38. The van der Waals surface area contributed by atoms with E-state index in [2.05, 4.69) is 5.32 Å². The Bertz CT molecular complexity index is 527. The molecule has 3 nitrogen and oxygen atoms in total. The van der Waals surface area contributed by atoms with E-state index in [1.54, 1.807) is 6.92 Å². The van der Waals surface area contributed by atoms with Gasteiger partial charge in [-0.15, -0.1) is 0 Å². The molecule has 94 valence electrons. The number of alkyl halides is 3. The van der Waals surface area contributed by atoms with Gasteiger partial charge in [0.1, 0.15) is 0 Å². The highest BCUT2D eigenvalue weighted by Crippen LogP contribution is 2.33. The molecule has 0 spiro atoms. The molecule has 0 aliphatic carbocycles. The van der Waals surface area contributed by atoms with Crippen molar-refractivity contribution in [3.8, 4) is 6.07 Å². The van der Waals surface area contributed by atoms with E-state index < -0.39 is 23.2 Å². The molecule has 1 rings (SSSR count). The lowest BCUT2D eigenvalue weighted by Gasteiger charge is -2.10. The second-order valence-corrected chi connectivity index (χ2v) is 3.36. The van der Waals surface area contributed by atoms with E-state index in [0.717, 1.165) is 12.1 Å². The lowest BCUT2D eigenvalue weighted by Crippen LogP contribution is -2.12. The lowest BCUT2D eigenvalue weighted by atomic mass is 10.1. The summed E-state index contributed by atoms with van der Waals surface area (Å²) in [4.78, 5) is 11.2. The van der Waals surface area contributed by atoms with Gasteiger partial charge in [-0.25, -0.2) is 0 Å². The molecule has 0 heterocycles. The molecule has 0 fully saturated rings. The SMILES string of the molecule is CC=CC(=O)Nc1ccc(C#N)c(C(F)(F)F)c1. The third-order valence-corrected chi connectivity index (χ3v) is 2.03. The molecule has 0 bridgehead atoms. The Labute approximate surface area is 102 Å². The number of rotatable bonds is 2. The molecule has 0 aliphatic rings. The van der Waals surface area contributed by atoms with Crippen molar-refractivity contribution in [1.29, 1.82) is 5.26 Å². The topological polar surface area (TPSA) is 52.9 Å². The van der Waals surface area contributed by atoms with Crippen LogP contribution in [0.25, 0.3) is 0 Å². The van der Waals surface area contributed by atoms with Crippen molar-refractivity contribution in [3.05, 3.63) is 41.5 Å². The van der Waals surface area contributed by atoms with Gasteiger partial charge < -0.3 is 5.32 Å². The Morgan fingerprint density at radius 1 is 1.44 bits per heavy atom. The first-order chi connectivity index (χ1) is 8.38. The van der Waals surface area contributed by atoms with Gasteiger partial charge in [0.05, 0.1) is 17.2 Å². The average molecular weight is 254 g/mol. The monoisotopic (exact) mass is 254 g/mol. The van der Waals surface area contributed by atoms with Crippen molar-refractivity contribution in [2.24, 2.45) is 0 Å². The fourth-order valence-electron chi connectivity index (χ4n) is 1.29. The van der Waals surface area contributed by atoms with Crippen LogP contribution >= 0.6 is 0 Å². The van der Waals surface area contributed by atoms with Gasteiger partial charge in [0, 0.05) is 5.69 Å². The van der Waals surface area contributed by atoms with Crippen molar-refractivity contribution in [2.45, 2.75) is 13.1 Å². The third kappa shape index (κ3) is 3.35. The maximum absolute atomic E-state index is 12.6. The maximum atomic E-state index is 12.6. The van der Waals surface area contributed by atoms with Crippen LogP contribution < -0.4 is 5.32 Å². The van der Waals surface area contributed by atoms with E-state index in [0.29, 0.717) is 0 Å². The average Bonchev–Trinajstić information content (AvgIpc) is 2.28. The molecule has 1 amide bonds. The number of anilines is 1. The van der Waals surface area contributed by atoms with E-state index in [9.17, 15) is 18.0 Å². The van der Waals surface area contributed by atoms with E-state index >= 15 is 0 Å². The smallest absolute Gasteiger partial charge is 0.323 e. The van der Waals surface area contributed by atoms with Gasteiger partial charge in [-0.3, -0.25) is 4.79 Å². The summed E-state index contributed by atoms with van der Waals surface area (Å²) in [5.41, 5.74) is -1.56. The lowest BCUT2D eigenvalue weighted by molar-refractivity contribution is -0.137. The Hall–Kier alpha value is -2.29. The highest BCUT2D eigenvalue weighted by atomic mass is 19.4. The number of carbonyl (C=O) groups is 1. The van der Waals surface area contributed by atoms with Gasteiger partial charge in [-0.2, -0.15) is 18.4 Å². The molecular formula is C12H9F3N2O. The second-order valence-electron chi connectivity index (χ2n) is 3.36. The highest BCUT2D eigenvalue weighted by molar-refractivity contribution is 5.99. The molecule has 0 aromatic heterocycles. The molecule has 0 saturated heterocycles. The van der Waals surface area contributed by atoms with Crippen LogP contribution in [0, 0.1) is 11.3 Å². The van der Waals surface area contributed by atoms with Gasteiger partial charge in [0.15, 0.2) is 0 Å². The number of nitriles is 1. The Morgan fingerprint density at radius 2 is 2.11 bits per heavy atom. The molecule has 0 saturated carbocycles. The molecule has 1 aromatic carbocycles. The summed E-state index contributed by atoms with van der Waals surface area (Å²) in [6.07, 6.45) is -1.98. The van der Waals surface area contributed by atoms with Crippen LogP contribution in [-0.4, -0.2) is 5.91 Å². The van der Waals surface area contributed by atoms with Crippen LogP contribution in [0.5, 0.6) is 0 Å². The zero-order valence-electron chi connectivity index (χ0n) is 9.38. The summed E-state index contributed by atoms with van der Waals surface area (Å²) in [7, 11) is 0. The first-order valence-electron chi connectivity index (χ1n) is 4.93. The van der Waals surface area contributed by atoms with E-state index in [1.807, 2.05) is 0 Å². The minimum Gasteiger partial charge on any atom is -0.323 e. The molecule has 0 radical (unpaired) electrons. The number of nitrogens with zero attached hydrogens (tertiary/aromatic N) is 1. The molecule has 0 unspecified atom stereocenters. The van der Waals surface area contributed by atoms with Crippen molar-refractivity contribution >= 4 is 11.6 Å². The number of halogens is 3. The largest absolute Gasteiger partial charge is 0.417 e. The number of amides is 1. The molecule has 1 N–H and O–H groups in total. The first kappa shape index (κ1) is 13.8. The van der Waals surface area contributed by atoms with Crippen LogP contribution in [-0.2, 0) is 11.0 Å². The maximum Gasteiger partial charge on any atom is 0.417 e. The van der Waals surface area contributed by atoms with Crippen molar-refractivity contribution in [3.63, 3.8) is 0 Å². The molecule has 6 heteroatoms. The number of hydrogen-bond donors (Lipinski definition) is 1. The van der Waals surface area contributed by atoms with Gasteiger partial charge in [-0.1, -0.05) is 6.08 Å². The molecule has 18 heavy (non-hydrogen) atoms. The van der Waals surface area contributed by atoms with Crippen LogP contribution in [0.15, 0.2) is 30.4 Å². The van der Waals surface area contributed by atoms with Crippen molar-refractivity contribution in [1.82, 2.24) is 0 Å². The Kier molecular flexibility index (Phi) is 4.10. The normalized spacial score (nSPS) is 11.3. The number of allylic oxidation sites excluding steroid dienone is 1. The fourth-order valence-corrected chi connectivity index (χ4v) is 1.29. The van der Waals surface area contributed by atoms with Crippen LogP contribution in [0.4, 0.5) is 18.9 Å². The van der Waals surface area contributed by atoms with Gasteiger partial charge in [-0.05, 0) is 31.2 Å². The van der Waals surface area contributed by atoms with Gasteiger partial charge in [0.25, 0.3) is 0 Å². The summed E-state index contributed by atoms with van der Waals surface area (Å²) >= 11 is 0. The van der Waals surface area contributed by atoms with E-state index in [4.69, 9.17) is 5.26 Å². The minimum atomic E-state index is -4.63. The van der Waals surface area contributed by atoms with Crippen molar-refractivity contribution < 1.29 is 18.0 Å². The molecule has 1 aromatic rings. The predicted octanol–water partition coefficient (Wildman–Crippen LogP) is 3.09. The molecule has 0 aliphatic heterocycles. The van der Waals surface area contributed by atoms with Crippen LogP contribution in [0.2, 0.25) is 0 Å². The number of carbonyl (C=O) groups excluding carboxylic acids is 1. The number of benzene rings is 1. The van der Waals surface area contributed by atoms with Crippen molar-refractivity contribution in [2.75, 3.05) is 5.32 Å². The summed E-state index contributed by atoms with van der Waals surface area (Å²) in [5, 5.41) is 10.9. The van der Waals surface area contributed by atoms with E-state index in [-0.39, 0.29) is 5.69 Å². The van der Waals surface area contributed by atoms with Crippen LogP contribution in [0.1, 0.15) is 18.1 Å². The third-order valence-electron chi connectivity index (χ3n) is 2.03. The summed E-state index contributed by atoms with van der Waals surface area (Å²) in [6.45, 7) is 1.61. The van der Waals surface area contributed by atoms with E-state index in [1.165, 1.54) is 24.3 Å². The Morgan fingerprint density at radius 3 is 2.61 bits per heavy atom. The summed E-state index contributed by atoms with van der Waals surface area (Å²) in [6, 6.07) is 4.46. The standard InChI is InChI=1S/C12H9F3N2O/c1-2-3-11(18)17-9-5-4-8(7-16)10(6-9)12(13,14)15/h2-6H,1H3,(H,17,18). The second kappa shape index (κ2) is 5.36. The molecule has 0 atom stereocenters. The minimum absolute atomic E-state index is 0.00979. The fraction of sp³-hybridized carbons (Fsp3) is 0.167. The number of nitrogens with one attached hydrogen (secondary N) is 1. The highest BCUT2D eigenvalue weighted by Gasteiger charge is 2.33. The summed E-state index contributed by atoms with van der Waals surface area (Å²) in [5.74, 6) is -0.532. The molecular weight excluding hydrogens is 245 g/mol. The van der Waals surface area contributed by atoms with Gasteiger partial charge in [0.2, 0.25) is 5.91 Å². The van der Waals surface area contributed by atoms with Crippen LogP contribution in [0.3, 0.4) is 0 Å². The van der Waals surface area contributed by atoms with Gasteiger partial charge >= 0.3 is 6.18 Å². The zero-order chi connectivity index (χ0) is 13.8. The quantitative estimate of drug-likeness (QED) is 0.824. The summed E-state index contributed by atoms with van der Waals surface area (Å²) < 4.78 is 37.9. The Balaban J connectivity index is 3.12. The predicted molar refractivity (Wildman–Crippen MR) is 59.6 cm³/mol.